The van der Waals surface area contributed by atoms with Crippen LogP contribution in [-0.4, -0.2) is 10.8 Å². The quantitative estimate of drug-likeness (QED) is 0.150. The highest BCUT2D eigenvalue weighted by atomic mass is 15.0. The summed E-state index contributed by atoms with van der Waals surface area (Å²) in [6.07, 6.45) is 7.44. The van der Waals surface area contributed by atoms with E-state index in [9.17, 15) is 0 Å². The molecule has 0 saturated carbocycles. The van der Waals surface area contributed by atoms with E-state index < -0.39 is 0 Å². The highest BCUT2D eigenvalue weighted by Gasteiger charge is 2.16. The first kappa shape index (κ1) is 26.2. The van der Waals surface area contributed by atoms with Crippen molar-refractivity contribution in [3.8, 4) is 16.8 Å². The molecule has 3 heteroatoms. The first-order chi connectivity index (χ1) is 21.1. The van der Waals surface area contributed by atoms with Gasteiger partial charge in [-0.25, -0.2) is 0 Å². The number of hydrogen-bond acceptors (Lipinski definition) is 2. The van der Waals surface area contributed by atoms with Crippen molar-refractivity contribution in [2.24, 2.45) is 5.73 Å². The highest BCUT2D eigenvalue weighted by molar-refractivity contribution is 6.20. The Kier molecular flexibility index (Phi) is 6.69. The van der Waals surface area contributed by atoms with E-state index in [1.54, 1.807) is 12.2 Å². The van der Waals surface area contributed by atoms with Crippen molar-refractivity contribution in [1.82, 2.24) is 4.57 Å². The molecule has 1 aromatic heterocycles. The largest absolute Gasteiger partial charge is 0.402 e. The van der Waals surface area contributed by atoms with E-state index in [2.05, 4.69) is 132 Å². The summed E-state index contributed by atoms with van der Waals surface area (Å²) in [4.78, 5) is 0. The average Bonchev–Trinajstić information content (AvgIpc) is 3.39. The van der Waals surface area contributed by atoms with Crippen molar-refractivity contribution < 1.29 is 0 Å². The SMILES string of the molecule is C=C/C=C(\N)C/C=C(\C=N)c1ccc2c(ccc3c4ccc(-c5ccc6ccccc6c5)cc4n(-c4ccccc4)c23)c1. The Labute approximate surface area is 251 Å². The third-order valence-corrected chi connectivity index (χ3v) is 8.22. The van der Waals surface area contributed by atoms with Crippen LogP contribution in [0.15, 0.2) is 152 Å². The van der Waals surface area contributed by atoms with Gasteiger partial charge in [-0.1, -0.05) is 110 Å². The van der Waals surface area contributed by atoms with Gasteiger partial charge in [0.15, 0.2) is 0 Å². The molecule has 0 atom stereocenters. The van der Waals surface area contributed by atoms with Crippen LogP contribution in [0.3, 0.4) is 0 Å². The van der Waals surface area contributed by atoms with E-state index in [1.165, 1.54) is 55.3 Å². The molecule has 3 N–H and O–H groups in total. The monoisotopic (exact) mass is 553 g/mol. The Morgan fingerprint density at radius 3 is 2.21 bits per heavy atom. The predicted molar refractivity (Wildman–Crippen MR) is 185 cm³/mol. The van der Waals surface area contributed by atoms with Crippen LogP contribution in [0.5, 0.6) is 0 Å². The third-order valence-electron chi connectivity index (χ3n) is 8.22. The lowest BCUT2D eigenvalue weighted by Crippen LogP contribution is -1.96. The molecule has 0 saturated heterocycles. The molecule has 0 fully saturated rings. The Morgan fingerprint density at radius 2 is 1.40 bits per heavy atom. The second kappa shape index (κ2) is 11.0. The van der Waals surface area contributed by atoms with Crippen molar-refractivity contribution in [2.75, 3.05) is 0 Å². The molecule has 0 aliphatic heterocycles. The first-order valence-electron chi connectivity index (χ1n) is 14.5. The van der Waals surface area contributed by atoms with E-state index in [-0.39, 0.29) is 0 Å². The Hall–Kier alpha value is -5.67. The van der Waals surface area contributed by atoms with E-state index in [0.717, 1.165) is 22.2 Å². The number of nitrogens with zero attached hydrogens (tertiary/aromatic N) is 1. The molecule has 0 aliphatic rings. The van der Waals surface area contributed by atoms with E-state index in [4.69, 9.17) is 11.1 Å². The molecule has 43 heavy (non-hydrogen) atoms. The minimum Gasteiger partial charge on any atom is -0.402 e. The van der Waals surface area contributed by atoms with Crippen LogP contribution in [-0.2, 0) is 0 Å². The van der Waals surface area contributed by atoms with Gasteiger partial charge in [-0.3, -0.25) is 0 Å². The molecule has 6 aromatic carbocycles. The summed E-state index contributed by atoms with van der Waals surface area (Å²) >= 11 is 0. The summed E-state index contributed by atoms with van der Waals surface area (Å²) in [6.45, 7) is 3.72. The summed E-state index contributed by atoms with van der Waals surface area (Å²) in [5.74, 6) is 0. The predicted octanol–water partition coefficient (Wildman–Crippen LogP) is 10.2. The molecular weight excluding hydrogens is 522 g/mol. The topological polar surface area (TPSA) is 54.8 Å². The normalized spacial score (nSPS) is 12.4. The lowest BCUT2D eigenvalue weighted by Gasteiger charge is -2.12. The van der Waals surface area contributed by atoms with Crippen molar-refractivity contribution in [1.29, 1.82) is 5.41 Å². The number of hydrogen-bond donors (Lipinski definition) is 2. The maximum Gasteiger partial charge on any atom is 0.0619 e. The van der Waals surface area contributed by atoms with Crippen molar-refractivity contribution in [2.45, 2.75) is 6.42 Å². The van der Waals surface area contributed by atoms with Gasteiger partial charge in [0.05, 0.1) is 11.0 Å². The van der Waals surface area contributed by atoms with Crippen LogP contribution in [0, 0.1) is 5.41 Å². The van der Waals surface area contributed by atoms with Gasteiger partial charge < -0.3 is 15.7 Å². The second-order valence-electron chi connectivity index (χ2n) is 10.8. The Balaban J connectivity index is 1.44. The number of para-hydroxylation sites is 1. The summed E-state index contributed by atoms with van der Waals surface area (Å²) in [5.41, 5.74) is 14.5. The van der Waals surface area contributed by atoms with Crippen molar-refractivity contribution >= 4 is 55.1 Å². The zero-order valence-corrected chi connectivity index (χ0v) is 23.8. The summed E-state index contributed by atoms with van der Waals surface area (Å²) in [6, 6.07) is 43.5. The number of nitrogens with two attached hydrogens (primary N) is 1. The number of fused-ring (bicyclic) bond motifs is 6. The molecule has 0 radical (unpaired) electrons. The number of nitrogens with one attached hydrogen (secondary N) is 1. The van der Waals surface area contributed by atoms with Gasteiger partial charge in [0.2, 0.25) is 0 Å². The van der Waals surface area contributed by atoms with Crippen LogP contribution in [0.25, 0.3) is 65.7 Å². The zero-order valence-electron chi connectivity index (χ0n) is 23.8. The second-order valence-corrected chi connectivity index (χ2v) is 10.8. The fraction of sp³-hybridized carbons (Fsp3) is 0.0250. The summed E-state index contributed by atoms with van der Waals surface area (Å²) in [5, 5.41) is 15.3. The molecule has 0 aliphatic carbocycles. The molecule has 7 rings (SSSR count). The number of aromatic nitrogens is 1. The molecule has 3 nitrogen and oxygen atoms in total. The zero-order chi connectivity index (χ0) is 29.3. The van der Waals surface area contributed by atoms with E-state index in [0.29, 0.717) is 12.1 Å². The van der Waals surface area contributed by atoms with Crippen molar-refractivity contribution in [3.63, 3.8) is 0 Å². The molecule has 0 bridgehead atoms. The van der Waals surface area contributed by atoms with E-state index >= 15 is 0 Å². The third kappa shape index (κ3) is 4.71. The lowest BCUT2D eigenvalue weighted by atomic mass is 9.98. The molecule has 206 valence electrons. The van der Waals surface area contributed by atoms with Crippen LogP contribution < -0.4 is 5.73 Å². The Bertz CT molecular complexity index is 2250. The molecular formula is C40H31N3. The van der Waals surface area contributed by atoms with Crippen LogP contribution in [0.4, 0.5) is 0 Å². The van der Waals surface area contributed by atoms with Gasteiger partial charge >= 0.3 is 0 Å². The highest BCUT2D eigenvalue weighted by Crippen LogP contribution is 2.39. The minimum absolute atomic E-state index is 0.565. The summed E-state index contributed by atoms with van der Waals surface area (Å²) < 4.78 is 2.39. The summed E-state index contributed by atoms with van der Waals surface area (Å²) in [7, 11) is 0. The van der Waals surface area contributed by atoms with Gasteiger partial charge in [-0.05, 0) is 74.8 Å². The molecule has 0 unspecified atom stereocenters. The van der Waals surface area contributed by atoms with Crippen molar-refractivity contribution in [3.05, 3.63) is 157 Å². The van der Waals surface area contributed by atoms with Gasteiger partial charge in [-0.15, -0.1) is 0 Å². The maximum atomic E-state index is 8.06. The van der Waals surface area contributed by atoms with Gasteiger partial charge in [0, 0.05) is 40.2 Å². The first-order valence-corrected chi connectivity index (χ1v) is 14.5. The van der Waals surface area contributed by atoms with Crippen LogP contribution in [0.1, 0.15) is 12.0 Å². The smallest absolute Gasteiger partial charge is 0.0619 e. The molecule has 7 aromatic rings. The average molecular weight is 554 g/mol. The number of benzene rings is 6. The molecule has 0 spiro atoms. The number of rotatable bonds is 7. The molecule has 1 heterocycles. The lowest BCUT2D eigenvalue weighted by molar-refractivity contribution is 1.17. The maximum absolute atomic E-state index is 8.06. The van der Waals surface area contributed by atoms with E-state index in [1.807, 2.05) is 6.08 Å². The Morgan fingerprint density at radius 1 is 0.698 bits per heavy atom. The fourth-order valence-corrected chi connectivity index (χ4v) is 6.12. The van der Waals surface area contributed by atoms with Gasteiger partial charge in [-0.2, -0.15) is 0 Å². The fourth-order valence-electron chi connectivity index (χ4n) is 6.12. The van der Waals surface area contributed by atoms with Gasteiger partial charge in [0.1, 0.15) is 0 Å². The standard InChI is InChI=1S/C40H31N3/c1-2-8-34(42)19-15-33(26-41)30-16-20-36-32(24-30)18-22-38-37-21-17-31(29-14-13-27-9-6-7-10-28(27)23-29)25-39(37)43(40(36)38)35-11-4-3-5-12-35/h2-18,20-26,41H,1,19,42H2/b33-15+,34-8-,41-26?. The number of allylic oxidation sites excluding steroid dienone is 4. The van der Waals surface area contributed by atoms with Gasteiger partial charge in [0.25, 0.3) is 0 Å². The molecule has 0 amide bonds. The minimum atomic E-state index is 0.565. The van der Waals surface area contributed by atoms with Crippen LogP contribution in [0.2, 0.25) is 0 Å². The van der Waals surface area contributed by atoms with Crippen LogP contribution >= 0.6 is 0 Å².